The van der Waals surface area contributed by atoms with Crippen molar-refractivity contribution in [2.24, 2.45) is 0 Å². The number of hydrogen-bond acceptors (Lipinski definition) is 7. The molecule has 5 rings (SSSR count). The molecule has 2 N–H and O–H groups in total. The highest BCUT2D eigenvalue weighted by Gasteiger charge is 2.35. The van der Waals surface area contributed by atoms with Crippen LogP contribution in [0.1, 0.15) is 12.8 Å². The maximum atomic E-state index is 13.1. The van der Waals surface area contributed by atoms with E-state index < -0.39 is 20.0 Å². The number of benzene rings is 4. The summed E-state index contributed by atoms with van der Waals surface area (Å²) in [6.07, 6.45) is 0.382. The van der Waals surface area contributed by atoms with E-state index in [4.69, 9.17) is 9.47 Å². The van der Waals surface area contributed by atoms with Crippen LogP contribution >= 0.6 is 0 Å². The van der Waals surface area contributed by atoms with Gasteiger partial charge in [-0.2, -0.15) is 0 Å². The van der Waals surface area contributed by atoms with Gasteiger partial charge in [0.1, 0.15) is 11.5 Å². The van der Waals surface area contributed by atoms with Crippen LogP contribution in [0.5, 0.6) is 11.5 Å². The highest BCUT2D eigenvalue weighted by Crippen LogP contribution is 2.42. The second-order valence-electron chi connectivity index (χ2n) is 9.06. The van der Waals surface area contributed by atoms with Crippen LogP contribution in [0.4, 0.5) is 17.1 Å². The van der Waals surface area contributed by atoms with Crippen LogP contribution in [0.3, 0.4) is 0 Å². The van der Waals surface area contributed by atoms with Crippen LogP contribution < -0.4 is 23.8 Å². The van der Waals surface area contributed by atoms with Crippen LogP contribution in [-0.2, 0) is 24.8 Å². The summed E-state index contributed by atoms with van der Waals surface area (Å²) in [4.78, 5) is 12.8. The van der Waals surface area contributed by atoms with Crippen molar-refractivity contribution in [1.82, 2.24) is 0 Å². The van der Waals surface area contributed by atoms with E-state index in [0.29, 0.717) is 34.7 Å². The molecule has 1 heterocycles. The first-order chi connectivity index (χ1) is 19.1. The molecule has 208 valence electrons. The average molecular weight is 582 g/mol. The second-order valence-corrected chi connectivity index (χ2v) is 12.6. The molecule has 0 aromatic heterocycles. The number of rotatable bonds is 10. The lowest BCUT2D eigenvalue weighted by Crippen LogP contribution is -2.28. The topological polar surface area (TPSA) is 131 Å². The highest BCUT2D eigenvalue weighted by molar-refractivity contribution is 7.93. The zero-order valence-corrected chi connectivity index (χ0v) is 23.4. The fraction of sp³-hybridized carbons (Fsp3) is 0.179. The Morgan fingerprint density at radius 3 is 2.35 bits per heavy atom. The summed E-state index contributed by atoms with van der Waals surface area (Å²) in [5.74, 6) is 0.502. The van der Waals surface area contributed by atoms with Gasteiger partial charge in [0, 0.05) is 30.1 Å². The van der Waals surface area contributed by atoms with Gasteiger partial charge >= 0.3 is 0 Å². The van der Waals surface area contributed by atoms with Crippen molar-refractivity contribution in [2.45, 2.75) is 22.6 Å². The zero-order chi connectivity index (χ0) is 28.5. The van der Waals surface area contributed by atoms with Crippen LogP contribution in [0.25, 0.3) is 10.8 Å². The van der Waals surface area contributed by atoms with Crippen LogP contribution in [0.15, 0.2) is 88.7 Å². The monoisotopic (exact) mass is 581 g/mol. The van der Waals surface area contributed by atoms with Gasteiger partial charge in [-0.05, 0) is 60.3 Å². The third kappa shape index (κ3) is 5.15. The van der Waals surface area contributed by atoms with E-state index in [2.05, 4.69) is 10.0 Å². The van der Waals surface area contributed by atoms with Gasteiger partial charge in [0.2, 0.25) is 5.91 Å². The number of nitrogens with zero attached hydrogens (tertiary/aromatic N) is 1. The van der Waals surface area contributed by atoms with E-state index in [1.165, 1.54) is 48.9 Å². The number of ether oxygens (including phenoxy) is 2. The van der Waals surface area contributed by atoms with Gasteiger partial charge in [0.15, 0.2) is 0 Å². The Bertz CT molecular complexity index is 1800. The molecule has 0 radical (unpaired) electrons. The van der Waals surface area contributed by atoms with Crippen molar-refractivity contribution in [3.8, 4) is 11.5 Å². The third-order valence-electron chi connectivity index (χ3n) is 6.55. The largest absolute Gasteiger partial charge is 0.497 e. The summed E-state index contributed by atoms with van der Waals surface area (Å²) in [5.41, 5.74) is 1.28. The fourth-order valence-electron chi connectivity index (χ4n) is 4.61. The Morgan fingerprint density at radius 2 is 1.65 bits per heavy atom. The van der Waals surface area contributed by atoms with E-state index in [1.54, 1.807) is 30.3 Å². The van der Waals surface area contributed by atoms with E-state index in [-0.39, 0.29) is 34.4 Å². The smallest absolute Gasteiger partial charge is 0.265 e. The first-order valence-corrected chi connectivity index (χ1v) is 15.3. The molecule has 1 aliphatic rings. The summed E-state index contributed by atoms with van der Waals surface area (Å²) in [7, 11) is -4.69. The van der Waals surface area contributed by atoms with Crippen molar-refractivity contribution >= 4 is 53.8 Å². The predicted octanol–water partition coefficient (Wildman–Crippen LogP) is 4.59. The average Bonchev–Trinajstić information content (AvgIpc) is 3.16. The van der Waals surface area contributed by atoms with Crippen molar-refractivity contribution in [1.29, 1.82) is 0 Å². The van der Waals surface area contributed by atoms with Gasteiger partial charge in [-0.1, -0.05) is 24.3 Å². The van der Waals surface area contributed by atoms with Crippen molar-refractivity contribution in [3.05, 3.63) is 78.9 Å². The molecule has 1 amide bonds. The second kappa shape index (κ2) is 10.7. The first-order valence-electron chi connectivity index (χ1n) is 12.3. The van der Waals surface area contributed by atoms with Gasteiger partial charge in [-0.3, -0.25) is 13.8 Å². The number of amides is 1. The quantitative estimate of drug-likeness (QED) is 0.280. The Kier molecular flexibility index (Phi) is 7.30. The van der Waals surface area contributed by atoms with Gasteiger partial charge in [0.25, 0.3) is 20.0 Å². The maximum absolute atomic E-state index is 13.1. The SMILES string of the molecule is COc1ccc(NS(=O)(=O)c2ccc(NC(=O)CCCN3c4cccc5cccc(c45)S3(=O)=O)cc2)c(OC)c1. The molecule has 40 heavy (non-hydrogen) atoms. The number of methoxy groups -OCH3 is 2. The summed E-state index contributed by atoms with van der Waals surface area (Å²) < 4.78 is 66.2. The molecule has 0 atom stereocenters. The number of carbonyl (C=O) groups excluding carboxylic acids is 1. The van der Waals surface area contributed by atoms with Gasteiger partial charge in [0.05, 0.1) is 35.4 Å². The summed E-state index contributed by atoms with van der Waals surface area (Å²) in [6.45, 7) is 0.154. The van der Waals surface area contributed by atoms with E-state index in [1.807, 2.05) is 18.2 Å². The molecule has 10 nitrogen and oxygen atoms in total. The van der Waals surface area contributed by atoms with E-state index >= 15 is 0 Å². The molecule has 1 aliphatic heterocycles. The molecule has 0 saturated carbocycles. The van der Waals surface area contributed by atoms with Crippen LogP contribution in [0, 0.1) is 0 Å². The molecule has 12 heteroatoms. The Balaban J connectivity index is 1.19. The highest BCUT2D eigenvalue weighted by atomic mass is 32.2. The zero-order valence-electron chi connectivity index (χ0n) is 21.7. The number of carbonyl (C=O) groups is 1. The van der Waals surface area contributed by atoms with Crippen LogP contribution in [0.2, 0.25) is 0 Å². The predicted molar refractivity (Wildman–Crippen MR) is 153 cm³/mol. The number of anilines is 3. The maximum Gasteiger partial charge on any atom is 0.265 e. The Labute approximate surface area is 232 Å². The molecule has 4 aromatic carbocycles. The molecule has 0 saturated heterocycles. The molecule has 0 spiro atoms. The van der Waals surface area contributed by atoms with Crippen molar-refractivity contribution < 1.29 is 31.1 Å². The minimum atomic E-state index is -3.93. The van der Waals surface area contributed by atoms with Gasteiger partial charge in [-0.25, -0.2) is 16.8 Å². The standard InChI is InChI=1S/C28H27N3O7S2/c1-37-21-13-16-23(25(18-21)38-2)30-39(33,34)22-14-11-20(12-15-22)29-27(32)10-5-17-31-24-8-3-6-19-7-4-9-26(28(19)24)40(31,35)36/h3-4,6-9,11-16,18,30H,5,10,17H2,1-2H3,(H,29,32). The van der Waals surface area contributed by atoms with Crippen molar-refractivity contribution in [2.75, 3.05) is 35.1 Å². The minimum absolute atomic E-state index is 0.00338. The summed E-state index contributed by atoms with van der Waals surface area (Å²) >= 11 is 0. The van der Waals surface area contributed by atoms with E-state index in [9.17, 15) is 21.6 Å². The molecule has 0 bridgehead atoms. The summed E-state index contributed by atoms with van der Waals surface area (Å²) in [6, 6.07) is 21.1. The molecule has 0 aliphatic carbocycles. The molecular weight excluding hydrogens is 554 g/mol. The van der Waals surface area contributed by atoms with E-state index in [0.717, 1.165) is 5.39 Å². The number of hydrogen-bond donors (Lipinski definition) is 2. The van der Waals surface area contributed by atoms with Crippen LogP contribution in [-0.4, -0.2) is 43.5 Å². The normalized spacial score (nSPS) is 13.7. The van der Waals surface area contributed by atoms with Crippen molar-refractivity contribution in [3.63, 3.8) is 0 Å². The lowest BCUT2D eigenvalue weighted by atomic mass is 10.1. The van der Waals surface area contributed by atoms with Gasteiger partial charge < -0.3 is 14.8 Å². The fourth-order valence-corrected chi connectivity index (χ4v) is 7.43. The summed E-state index contributed by atoms with van der Waals surface area (Å²) in [5, 5.41) is 4.28. The molecule has 4 aromatic rings. The third-order valence-corrected chi connectivity index (χ3v) is 9.78. The number of nitrogens with one attached hydrogen (secondary N) is 2. The van der Waals surface area contributed by atoms with Gasteiger partial charge in [-0.15, -0.1) is 0 Å². The lowest BCUT2D eigenvalue weighted by molar-refractivity contribution is -0.116. The Morgan fingerprint density at radius 1 is 0.925 bits per heavy atom. The lowest BCUT2D eigenvalue weighted by Gasteiger charge is -2.18. The Hall–Kier alpha value is -4.29. The molecular formula is C28H27N3O7S2. The number of sulfonamides is 2. The molecule has 0 fully saturated rings. The minimum Gasteiger partial charge on any atom is -0.497 e. The molecule has 0 unspecified atom stereocenters. The first kappa shape index (κ1) is 27.3.